The Kier molecular flexibility index (Phi) is 2.22. The average molecular weight is 214 g/mol. The molecule has 7 heteroatoms. The molecule has 0 saturated heterocycles. The first kappa shape index (κ1) is 9.17. The van der Waals surface area contributed by atoms with Gasteiger partial charge in [-0.1, -0.05) is 0 Å². The van der Waals surface area contributed by atoms with Crippen LogP contribution in [0.1, 0.15) is 0 Å². The van der Waals surface area contributed by atoms with Crippen LogP contribution >= 0.6 is 11.6 Å². The summed E-state index contributed by atoms with van der Waals surface area (Å²) in [5.41, 5.74) is 3.87. The summed E-state index contributed by atoms with van der Waals surface area (Å²) < 4.78 is 1.75. The lowest BCUT2D eigenvalue weighted by Gasteiger charge is -2.02. The quantitative estimate of drug-likeness (QED) is 0.595. The van der Waals surface area contributed by atoms with E-state index in [1.54, 1.807) is 10.9 Å². The van der Waals surface area contributed by atoms with E-state index in [1.807, 2.05) is 7.05 Å². The largest absolute Gasteiger partial charge is 0.318 e. The SMILES string of the molecule is CONc1nc(Cl)nc2c1ncn2C. The minimum absolute atomic E-state index is 0.153. The van der Waals surface area contributed by atoms with Crippen LogP contribution < -0.4 is 5.48 Å². The highest BCUT2D eigenvalue weighted by Crippen LogP contribution is 2.19. The van der Waals surface area contributed by atoms with Gasteiger partial charge in [-0.3, -0.25) is 4.84 Å². The number of hydrogen-bond acceptors (Lipinski definition) is 5. The minimum atomic E-state index is 0.153. The van der Waals surface area contributed by atoms with E-state index in [2.05, 4.69) is 20.4 Å². The Morgan fingerprint density at radius 2 is 2.29 bits per heavy atom. The van der Waals surface area contributed by atoms with Crippen LogP contribution in [0.2, 0.25) is 5.28 Å². The number of anilines is 1. The molecule has 2 heterocycles. The van der Waals surface area contributed by atoms with Gasteiger partial charge in [-0.15, -0.1) is 0 Å². The highest BCUT2D eigenvalue weighted by Gasteiger charge is 2.10. The Bertz CT molecular complexity index is 468. The van der Waals surface area contributed by atoms with Crippen LogP contribution in [0, 0.1) is 0 Å². The third-order valence-electron chi connectivity index (χ3n) is 1.73. The van der Waals surface area contributed by atoms with Gasteiger partial charge in [0.05, 0.1) is 13.4 Å². The van der Waals surface area contributed by atoms with Crippen molar-refractivity contribution in [1.29, 1.82) is 0 Å². The van der Waals surface area contributed by atoms with Gasteiger partial charge in [-0.05, 0) is 11.6 Å². The van der Waals surface area contributed by atoms with Crippen LogP contribution in [0.3, 0.4) is 0 Å². The van der Waals surface area contributed by atoms with Gasteiger partial charge in [0.25, 0.3) is 0 Å². The smallest absolute Gasteiger partial charge is 0.226 e. The van der Waals surface area contributed by atoms with Gasteiger partial charge in [0, 0.05) is 7.05 Å². The van der Waals surface area contributed by atoms with Gasteiger partial charge in [0.1, 0.15) is 0 Å². The third kappa shape index (κ3) is 1.38. The van der Waals surface area contributed by atoms with E-state index < -0.39 is 0 Å². The lowest BCUT2D eigenvalue weighted by Crippen LogP contribution is -2.01. The van der Waals surface area contributed by atoms with E-state index in [9.17, 15) is 0 Å². The number of rotatable bonds is 2. The predicted molar refractivity (Wildman–Crippen MR) is 51.9 cm³/mol. The average Bonchev–Trinajstić information content (AvgIpc) is 2.49. The predicted octanol–water partition coefficient (Wildman–Crippen LogP) is 0.990. The van der Waals surface area contributed by atoms with Gasteiger partial charge in [-0.2, -0.15) is 9.97 Å². The fourth-order valence-corrected chi connectivity index (χ4v) is 1.31. The molecule has 0 spiro atoms. The van der Waals surface area contributed by atoms with Gasteiger partial charge < -0.3 is 4.57 Å². The van der Waals surface area contributed by atoms with Crippen LogP contribution in [-0.4, -0.2) is 26.6 Å². The number of aromatic nitrogens is 4. The number of halogens is 1. The normalized spacial score (nSPS) is 10.8. The summed E-state index contributed by atoms with van der Waals surface area (Å²) in [6, 6.07) is 0. The molecule has 0 aliphatic carbocycles. The van der Waals surface area contributed by atoms with E-state index in [0.29, 0.717) is 17.0 Å². The van der Waals surface area contributed by atoms with Crippen molar-refractivity contribution in [2.45, 2.75) is 0 Å². The van der Waals surface area contributed by atoms with E-state index in [0.717, 1.165) is 0 Å². The van der Waals surface area contributed by atoms with Crippen molar-refractivity contribution >= 4 is 28.6 Å². The summed E-state index contributed by atoms with van der Waals surface area (Å²) in [6.07, 6.45) is 1.64. The molecule has 6 nitrogen and oxygen atoms in total. The van der Waals surface area contributed by atoms with Crippen molar-refractivity contribution in [1.82, 2.24) is 19.5 Å². The van der Waals surface area contributed by atoms with Crippen LogP contribution in [0.4, 0.5) is 5.82 Å². The zero-order valence-electron chi connectivity index (χ0n) is 7.65. The molecule has 14 heavy (non-hydrogen) atoms. The topological polar surface area (TPSA) is 64.9 Å². The maximum Gasteiger partial charge on any atom is 0.226 e. The Morgan fingerprint density at radius 1 is 1.50 bits per heavy atom. The molecule has 74 valence electrons. The molecule has 0 atom stereocenters. The number of aryl methyl sites for hydroxylation is 1. The molecule has 0 bridgehead atoms. The maximum atomic E-state index is 5.73. The lowest BCUT2D eigenvalue weighted by atomic mass is 10.5. The van der Waals surface area contributed by atoms with Crippen molar-refractivity contribution in [3.63, 3.8) is 0 Å². The van der Waals surface area contributed by atoms with Crippen molar-refractivity contribution in [2.75, 3.05) is 12.6 Å². The molecule has 0 aliphatic heterocycles. The lowest BCUT2D eigenvalue weighted by molar-refractivity contribution is 0.269. The Labute approximate surface area is 84.8 Å². The summed E-state index contributed by atoms with van der Waals surface area (Å²) in [4.78, 5) is 16.9. The summed E-state index contributed by atoms with van der Waals surface area (Å²) in [6.45, 7) is 0. The monoisotopic (exact) mass is 213 g/mol. The Hall–Kier alpha value is -1.40. The van der Waals surface area contributed by atoms with Gasteiger partial charge >= 0.3 is 0 Å². The molecular weight excluding hydrogens is 206 g/mol. The van der Waals surface area contributed by atoms with Crippen LogP contribution in [-0.2, 0) is 11.9 Å². The molecule has 0 fully saturated rings. The first-order valence-corrected chi connectivity index (χ1v) is 4.23. The highest BCUT2D eigenvalue weighted by molar-refractivity contribution is 6.28. The number of fused-ring (bicyclic) bond motifs is 1. The number of hydrogen-bond donors (Lipinski definition) is 1. The van der Waals surface area contributed by atoms with E-state index in [-0.39, 0.29) is 5.28 Å². The van der Waals surface area contributed by atoms with E-state index >= 15 is 0 Å². The van der Waals surface area contributed by atoms with Crippen molar-refractivity contribution in [3.05, 3.63) is 11.6 Å². The molecule has 0 saturated carbocycles. The van der Waals surface area contributed by atoms with Gasteiger partial charge in [0.15, 0.2) is 17.0 Å². The van der Waals surface area contributed by atoms with Crippen molar-refractivity contribution in [3.8, 4) is 0 Å². The molecule has 2 aromatic rings. The third-order valence-corrected chi connectivity index (χ3v) is 1.90. The van der Waals surface area contributed by atoms with Crippen LogP contribution in [0.25, 0.3) is 11.2 Å². The minimum Gasteiger partial charge on any atom is -0.318 e. The van der Waals surface area contributed by atoms with Crippen LogP contribution in [0.5, 0.6) is 0 Å². The molecular formula is C7H8ClN5O. The van der Waals surface area contributed by atoms with Crippen LogP contribution in [0.15, 0.2) is 6.33 Å². The molecule has 1 N–H and O–H groups in total. The zero-order valence-corrected chi connectivity index (χ0v) is 8.41. The first-order valence-electron chi connectivity index (χ1n) is 3.86. The second-order valence-electron chi connectivity index (χ2n) is 2.68. The molecule has 2 aromatic heterocycles. The fourth-order valence-electron chi connectivity index (χ4n) is 1.15. The zero-order chi connectivity index (χ0) is 10.1. The summed E-state index contributed by atoms with van der Waals surface area (Å²) in [7, 11) is 3.32. The molecule has 0 aliphatic rings. The van der Waals surface area contributed by atoms with E-state index in [4.69, 9.17) is 16.4 Å². The second-order valence-corrected chi connectivity index (χ2v) is 3.01. The second kappa shape index (κ2) is 3.39. The van der Waals surface area contributed by atoms with E-state index in [1.165, 1.54) is 7.11 Å². The van der Waals surface area contributed by atoms with Crippen molar-refractivity contribution < 1.29 is 4.84 Å². The molecule has 2 rings (SSSR count). The number of nitrogens with one attached hydrogen (secondary N) is 1. The molecule has 0 aromatic carbocycles. The molecule has 0 radical (unpaired) electrons. The number of imidazole rings is 1. The Morgan fingerprint density at radius 3 is 3.00 bits per heavy atom. The summed E-state index contributed by atoms with van der Waals surface area (Å²) >= 11 is 5.73. The van der Waals surface area contributed by atoms with Crippen molar-refractivity contribution in [2.24, 2.45) is 7.05 Å². The summed E-state index contributed by atoms with van der Waals surface area (Å²) in [5, 5.41) is 0.153. The Balaban J connectivity index is 2.68. The first-order chi connectivity index (χ1) is 6.72. The summed E-state index contributed by atoms with van der Waals surface area (Å²) in [5.74, 6) is 0.461. The highest BCUT2D eigenvalue weighted by atomic mass is 35.5. The number of nitrogens with zero attached hydrogens (tertiary/aromatic N) is 4. The fraction of sp³-hybridized carbons (Fsp3) is 0.286. The maximum absolute atomic E-state index is 5.73. The molecule has 0 unspecified atom stereocenters. The van der Waals surface area contributed by atoms with Gasteiger partial charge in [-0.25, -0.2) is 10.5 Å². The van der Waals surface area contributed by atoms with Gasteiger partial charge in [0.2, 0.25) is 5.28 Å². The molecule has 0 amide bonds. The standard InChI is InChI=1S/C7H8ClN5O/c1-13-3-9-4-5(12-14-2)10-7(8)11-6(4)13/h3H,1-2H3,(H,10,11,12).